The van der Waals surface area contributed by atoms with E-state index in [1.807, 2.05) is 0 Å². The van der Waals surface area contributed by atoms with Crippen molar-refractivity contribution in [2.75, 3.05) is 27.4 Å². The molecule has 0 spiro atoms. The number of ether oxygens (including phenoxy) is 3. The first kappa shape index (κ1) is 15.1. The summed E-state index contributed by atoms with van der Waals surface area (Å²) in [5.41, 5.74) is 0.479. The summed E-state index contributed by atoms with van der Waals surface area (Å²) in [6, 6.07) is 6.89. The summed E-state index contributed by atoms with van der Waals surface area (Å²) in [6.07, 6.45) is 1.20. The van der Waals surface area contributed by atoms with Gasteiger partial charge in [-0.1, -0.05) is 12.1 Å². The molecule has 1 heterocycles. The van der Waals surface area contributed by atoms with Gasteiger partial charge in [-0.3, -0.25) is 14.5 Å². The molecule has 3 rings (SSSR count). The van der Waals surface area contributed by atoms with Crippen molar-refractivity contribution >= 4 is 11.8 Å². The number of benzene rings is 1. The van der Waals surface area contributed by atoms with Gasteiger partial charge >= 0.3 is 0 Å². The molecule has 6 nitrogen and oxygen atoms in total. The van der Waals surface area contributed by atoms with Crippen molar-refractivity contribution in [2.45, 2.75) is 24.7 Å². The topological polar surface area (TPSA) is 65.1 Å². The molecule has 22 heavy (non-hydrogen) atoms. The molecule has 2 aliphatic rings. The molecule has 0 saturated heterocycles. The molecule has 1 aliphatic carbocycles. The summed E-state index contributed by atoms with van der Waals surface area (Å²) >= 11 is 0. The number of rotatable bonds is 7. The van der Waals surface area contributed by atoms with Gasteiger partial charge in [-0.05, 0) is 25.0 Å². The van der Waals surface area contributed by atoms with Crippen molar-refractivity contribution in [2.24, 2.45) is 0 Å². The van der Waals surface area contributed by atoms with Gasteiger partial charge in [-0.2, -0.15) is 0 Å². The first-order valence-corrected chi connectivity index (χ1v) is 7.25. The van der Waals surface area contributed by atoms with Crippen LogP contribution in [0.1, 0.15) is 33.6 Å². The van der Waals surface area contributed by atoms with E-state index in [-0.39, 0.29) is 25.0 Å². The second kappa shape index (κ2) is 5.79. The number of imide groups is 1. The Labute approximate surface area is 128 Å². The van der Waals surface area contributed by atoms with Crippen LogP contribution < -0.4 is 0 Å². The average Bonchev–Trinajstić information content (AvgIpc) is 3.28. The van der Waals surface area contributed by atoms with Gasteiger partial charge in [-0.25, -0.2) is 0 Å². The minimum atomic E-state index is -0.456. The second-order valence-electron chi connectivity index (χ2n) is 5.64. The Morgan fingerprint density at radius 1 is 1.09 bits per heavy atom. The van der Waals surface area contributed by atoms with Crippen LogP contribution >= 0.6 is 0 Å². The minimum absolute atomic E-state index is 0.245. The van der Waals surface area contributed by atoms with Crippen LogP contribution in [0.25, 0.3) is 0 Å². The van der Waals surface area contributed by atoms with Crippen molar-refractivity contribution in [1.29, 1.82) is 0 Å². The Morgan fingerprint density at radius 3 is 2.09 bits per heavy atom. The van der Waals surface area contributed by atoms with Crippen molar-refractivity contribution in [3.8, 4) is 0 Å². The van der Waals surface area contributed by atoms with Gasteiger partial charge in [0, 0.05) is 14.2 Å². The highest BCUT2D eigenvalue weighted by atomic mass is 16.7. The molecule has 6 heteroatoms. The molecular formula is C16H19NO5. The van der Waals surface area contributed by atoms with Crippen molar-refractivity contribution in [3.63, 3.8) is 0 Å². The number of carbonyl (C=O) groups is 2. The molecule has 0 N–H and O–H groups in total. The summed E-state index contributed by atoms with van der Waals surface area (Å²) in [5, 5.41) is 0. The Morgan fingerprint density at radius 2 is 1.64 bits per heavy atom. The number of carbonyl (C=O) groups excluding carboxylic acids is 2. The van der Waals surface area contributed by atoms with Crippen LogP contribution in [0.4, 0.5) is 0 Å². The third kappa shape index (κ3) is 2.65. The van der Waals surface area contributed by atoms with Crippen LogP contribution in [0.2, 0.25) is 0 Å². The zero-order chi connectivity index (χ0) is 15.7. The van der Waals surface area contributed by atoms with Crippen LogP contribution in [0.3, 0.4) is 0 Å². The lowest BCUT2D eigenvalue weighted by molar-refractivity contribution is -0.156. The molecule has 0 unspecified atom stereocenters. The maximum atomic E-state index is 12.4. The Balaban J connectivity index is 1.67. The van der Waals surface area contributed by atoms with Gasteiger partial charge in [0.15, 0.2) is 6.29 Å². The smallest absolute Gasteiger partial charge is 0.261 e. The second-order valence-corrected chi connectivity index (χ2v) is 5.64. The number of fused-ring (bicyclic) bond motifs is 1. The van der Waals surface area contributed by atoms with Crippen LogP contribution in [0.5, 0.6) is 0 Å². The molecule has 2 amide bonds. The number of methoxy groups -OCH3 is 2. The lowest BCUT2D eigenvalue weighted by Crippen LogP contribution is -2.40. The lowest BCUT2D eigenvalue weighted by Gasteiger charge is -2.24. The summed E-state index contributed by atoms with van der Waals surface area (Å²) in [4.78, 5) is 26.0. The predicted molar refractivity (Wildman–Crippen MR) is 77.5 cm³/mol. The van der Waals surface area contributed by atoms with E-state index in [2.05, 4.69) is 0 Å². The normalized spacial score (nSPS) is 19.0. The molecule has 0 radical (unpaired) electrons. The zero-order valence-corrected chi connectivity index (χ0v) is 12.7. The van der Waals surface area contributed by atoms with Gasteiger partial charge in [0.1, 0.15) is 0 Å². The molecule has 1 aromatic rings. The number of hydrogen-bond donors (Lipinski definition) is 0. The lowest BCUT2D eigenvalue weighted by atomic mass is 10.1. The van der Waals surface area contributed by atoms with Crippen molar-refractivity contribution in [1.82, 2.24) is 4.90 Å². The number of nitrogens with zero attached hydrogens (tertiary/aromatic N) is 1. The highest BCUT2D eigenvalue weighted by Crippen LogP contribution is 2.41. The van der Waals surface area contributed by atoms with E-state index >= 15 is 0 Å². The molecule has 1 fully saturated rings. The van der Waals surface area contributed by atoms with E-state index in [9.17, 15) is 9.59 Å². The van der Waals surface area contributed by atoms with E-state index in [1.165, 1.54) is 4.90 Å². The Hall–Kier alpha value is -1.76. The van der Waals surface area contributed by atoms with Gasteiger partial charge < -0.3 is 14.2 Å². The molecular weight excluding hydrogens is 286 g/mol. The highest BCUT2D eigenvalue weighted by Gasteiger charge is 2.49. The average molecular weight is 305 g/mol. The van der Waals surface area contributed by atoms with E-state index in [0.717, 1.165) is 12.8 Å². The van der Waals surface area contributed by atoms with E-state index in [1.54, 1.807) is 38.5 Å². The maximum absolute atomic E-state index is 12.4. The summed E-state index contributed by atoms with van der Waals surface area (Å²) in [6.45, 7) is 0.551. The number of hydrogen-bond acceptors (Lipinski definition) is 5. The molecule has 1 aromatic carbocycles. The molecule has 1 aliphatic heterocycles. The largest absolute Gasteiger partial charge is 0.368 e. The quantitative estimate of drug-likeness (QED) is 0.563. The Bertz CT molecular complexity index is 557. The molecule has 1 saturated carbocycles. The highest BCUT2D eigenvalue weighted by molar-refractivity contribution is 6.21. The van der Waals surface area contributed by atoms with E-state index < -0.39 is 11.9 Å². The van der Waals surface area contributed by atoms with E-state index in [4.69, 9.17) is 14.2 Å². The van der Waals surface area contributed by atoms with Gasteiger partial charge in [0.05, 0.1) is 29.9 Å². The van der Waals surface area contributed by atoms with Gasteiger partial charge in [0.25, 0.3) is 11.8 Å². The fraction of sp³-hybridized carbons (Fsp3) is 0.500. The molecule has 0 bridgehead atoms. The van der Waals surface area contributed by atoms with Gasteiger partial charge in [0.2, 0.25) is 0 Å². The van der Waals surface area contributed by atoms with E-state index in [0.29, 0.717) is 11.1 Å². The number of amides is 2. The monoisotopic (exact) mass is 305 g/mol. The van der Waals surface area contributed by atoms with Gasteiger partial charge in [-0.15, -0.1) is 0 Å². The molecule has 0 atom stereocenters. The Kier molecular flexibility index (Phi) is 3.99. The first-order valence-electron chi connectivity index (χ1n) is 7.25. The standard InChI is InChI=1S/C16H19NO5/c1-20-13(21-2)9-22-16(7-8-16)10-17-14(18)11-5-3-4-6-12(11)15(17)19/h3-6,13H,7-10H2,1-2H3. The zero-order valence-electron chi connectivity index (χ0n) is 12.7. The third-order valence-corrected chi connectivity index (χ3v) is 4.18. The summed E-state index contributed by atoms with van der Waals surface area (Å²) < 4.78 is 16.0. The molecule has 0 aromatic heterocycles. The van der Waals surface area contributed by atoms with Crippen molar-refractivity contribution in [3.05, 3.63) is 35.4 Å². The fourth-order valence-electron chi connectivity index (χ4n) is 2.64. The minimum Gasteiger partial charge on any atom is -0.368 e. The third-order valence-electron chi connectivity index (χ3n) is 4.18. The SMILES string of the molecule is COC(COC1(CN2C(=O)c3ccccc3C2=O)CC1)OC. The van der Waals surface area contributed by atoms with Crippen molar-refractivity contribution < 1.29 is 23.8 Å². The van der Waals surface area contributed by atoms with Crippen LogP contribution in [-0.2, 0) is 14.2 Å². The maximum Gasteiger partial charge on any atom is 0.261 e. The predicted octanol–water partition coefficient (Wildman–Crippen LogP) is 1.45. The summed E-state index contributed by atoms with van der Waals surface area (Å²) in [5.74, 6) is -0.490. The summed E-state index contributed by atoms with van der Waals surface area (Å²) in [7, 11) is 3.09. The van der Waals surface area contributed by atoms with Crippen LogP contribution in [0, 0.1) is 0 Å². The fourth-order valence-corrected chi connectivity index (χ4v) is 2.64. The van der Waals surface area contributed by atoms with Crippen LogP contribution in [-0.4, -0.2) is 56.0 Å². The van der Waals surface area contributed by atoms with Crippen LogP contribution in [0.15, 0.2) is 24.3 Å². The first-order chi connectivity index (χ1) is 10.6. The molecule has 118 valence electrons.